The third kappa shape index (κ3) is 2.57. The van der Waals surface area contributed by atoms with Gasteiger partial charge in [-0.25, -0.2) is 0 Å². The summed E-state index contributed by atoms with van der Waals surface area (Å²) in [5, 5.41) is 0. The van der Waals surface area contributed by atoms with E-state index in [4.69, 9.17) is 0 Å². The zero-order valence-electron chi connectivity index (χ0n) is 6.68. The normalized spacial score (nSPS) is 20.0. The van der Waals surface area contributed by atoms with Gasteiger partial charge in [0.25, 0.3) is 0 Å². The fraction of sp³-hybridized carbons (Fsp3) is 0.200. The fourth-order valence-corrected chi connectivity index (χ4v) is 4.59. The van der Waals surface area contributed by atoms with Crippen molar-refractivity contribution in [1.82, 2.24) is 0 Å². The molecule has 0 heterocycles. The molecule has 2 aliphatic carbocycles. The molecule has 12 heavy (non-hydrogen) atoms. The van der Waals surface area contributed by atoms with Gasteiger partial charge in [-0.3, -0.25) is 0 Å². The largest absolute Gasteiger partial charge is 0.147 e. The molecule has 0 radical (unpaired) electrons. The summed E-state index contributed by atoms with van der Waals surface area (Å²) < 4.78 is 1.69. The van der Waals surface area contributed by atoms with Crippen molar-refractivity contribution < 1.29 is 23.2 Å². The third-order valence-electron chi connectivity index (χ3n) is 1.88. The molecule has 2 heteroatoms. The Balaban J connectivity index is 0.000000720. The van der Waals surface area contributed by atoms with E-state index >= 15 is 0 Å². The summed E-state index contributed by atoms with van der Waals surface area (Å²) in [7, 11) is 0. The predicted molar refractivity (Wildman–Crippen MR) is 51.3 cm³/mol. The Morgan fingerprint density at radius 3 is 1.33 bits per heavy atom. The molecule has 0 saturated heterocycles. The minimum atomic E-state index is -0.256. The Morgan fingerprint density at radius 2 is 1.00 bits per heavy atom. The Hall–Kier alpha value is 0.133. The van der Waals surface area contributed by atoms with Crippen LogP contribution in [0.1, 0.15) is 0 Å². The summed E-state index contributed by atoms with van der Waals surface area (Å²) in [4.78, 5) is 0. The standard InChI is InChI=1S/2C5H5.ClH.Zr/c2*1-2-4-5-3-1;;/h2*1-5H;1H;/q;;;+2. The molecule has 0 bridgehead atoms. The van der Waals surface area contributed by atoms with Gasteiger partial charge in [-0.1, -0.05) is 0 Å². The second kappa shape index (κ2) is 4.99. The van der Waals surface area contributed by atoms with Crippen LogP contribution in [-0.2, 0) is 23.2 Å². The molecule has 0 nitrogen and oxygen atoms in total. The first-order valence-electron chi connectivity index (χ1n) is 3.91. The SMILES string of the molecule is C1=C[CH]([Zr+2][CH]2C=CC=C2)C=C1.Cl. The van der Waals surface area contributed by atoms with Crippen molar-refractivity contribution in [3.63, 3.8) is 0 Å². The van der Waals surface area contributed by atoms with Crippen molar-refractivity contribution in [2.24, 2.45) is 0 Å². The van der Waals surface area contributed by atoms with Crippen LogP contribution in [0.3, 0.4) is 0 Å². The quantitative estimate of drug-likeness (QED) is 0.712. The molecule has 0 aliphatic heterocycles. The second-order valence-corrected chi connectivity index (χ2v) is 6.85. The van der Waals surface area contributed by atoms with Crippen LogP contribution < -0.4 is 0 Å². The van der Waals surface area contributed by atoms with Crippen molar-refractivity contribution in [1.29, 1.82) is 0 Å². The van der Waals surface area contributed by atoms with Crippen molar-refractivity contribution in [2.45, 2.75) is 7.25 Å². The average Bonchev–Trinajstić information content (AvgIpc) is 2.60. The van der Waals surface area contributed by atoms with E-state index in [-0.39, 0.29) is 35.6 Å². The van der Waals surface area contributed by atoms with Gasteiger partial charge in [-0.15, -0.1) is 12.4 Å². The number of allylic oxidation sites excluding steroid dienone is 8. The molecule has 0 amide bonds. The van der Waals surface area contributed by atoms with Crippen LogP contribution in [0.5, 0.6) is 0 Å². The van der Waals surface area contributed by atoms with Crippen molar-refractivity contribution >= 4 is 12.4 Å². The zero-order chi connectivity index (χ0) is 7.52. The van der Waals surface area contributed by atoms with E-state index in [9.17, 15) is 0 Å². The van der Waals surface area contributed by atoms with E-state index in [2.05, 4.69) is 48.6 Å². The molecular weight excluding hydrogens is 247 g/mol. The van der Waals surface area contributed by atoms with E-state index < -0.39 is 0 Å². The molecule has 0 aromatic rings. The van der Waals surface area contributed by atoms with Gasteiger partial charge in [-0.05, 0) is 0 Å². The van der Waals surface area contributed by atoms with Gasteiger partial charge < -0.3 is 0 Å². The van der Waals surface area contributed by atoms with Gasteiger partial charge in [0.05, 0.1) is 0 Å². The molecule has 60 valence electrons. The monoisotopic (exact) mass is 256 g/mol. The summed E-state index contributed by atoms with van der Waals surface area (Å²) in [6.07, 6.45) is 18.1. The third-order valence-corrected chi connectivity index (χ3v) is 5.67. The van der Waals surface area contributed by atoms with Crippen LogP contribution in [0.25, 0.3) is 0 Å². The number of rotatable bonds is 2. The van der Waals surface area contributed by atoms with Gasteiger partial charge in [0.15, 0.2) is 0 Å². The average molecular weight is 258 g/mol. The molecule has 2 aliphatic rings. The van der Waals surface area contributed by atoms with Crippen LogP contribution in [0.2, 0.25) is 7.25 Å². The molecule has 2 rings (SSSR count). The van der Waals surface area contributed by atoms with Gasteiger partial charge in [-0.2, -0.15) is 0 Å². The molecule has 0 fully saturated rings. The van der Waals surface area contributed by atoms with Crippen LogP contribution in [0.4, 0.5) is 0 Å². The van der Waals surface area contributed by atoms with Gasteiger partial charge >= 0.3 is 79.1 Å². The predicted octanol–water partition coefficient (Wildman–Crippen LogP) is 3.32. The summed E-state index contributed by atoms with van der Waals surface area (Å²) in [5.74, 6) is 0. The van der Waals surface area contributed by atoms with Crippen molar-refractivity contribution in [3.8, 4) is 0 Å². The first kappa shape index (κ1) is 10.2. The summed E-state index contributed by atoms with van der Waals surface area (Å²) in [6.45, 7) is 0. The number of hydrogen-bond acceptors (Lipinski definition) is 0. The maximum Gasteiger partial charge on any atom is -0.147 e. The molecule has 0 unspecified atom stereocenters. The molecular formula is C10H11ClZr+2. The fourth-order valence-electron chi connectivity index (χ4n) is 1.31. The molecule has 0 saturated carbocycles. The number of halogens is 1. The number of hydrogen-bond donors (Lipinski definition) is 0. The first-order valence-corrected chi connectivity index (χ1v) is 6.75. The maximum atomic E-state index is 2.34. The Morgan fingerprint density at radius 1 is 0.667 bits per heavy atom. The molecule has 0 aromatic carbocycles. The molecule has 0 spiro atoms. The zero-order valence-corrected chi connectivity index (χ0v) is 9.96. The van der Waals surface area contributed by atoms with E-state index in [0.717, 1.165) is 7.25 Å². The van der Waals surface area contributed by atoms with Crippen LogP contribution >= 0.6 is 12.4 Å². The van der Waals surface area contributed by atoms with Crippen molar-refractivity contribution in [3.05, 3.63) is 48.6 Å². The van der Waals surface area contributed by atoms with E-state index in [1.807, 2.05) is 0 Å². The summed E-state index contributed by atoms with van der Waals surface area (Å²) in [6, 6.07) is 0. The van der Waals surface area contributed by atoms with E-state index in [1.165, 1.54) is 0 Å². The Labute approximate surface area is 91.1 Å². The van der Waals surface area contributed by atoms with E-state index in [0.29, 0.717) is 0 Å². The van der Waals surface area contributed by atoms with Gasteiger partial charge in [0.2, 0.25) is 0 Å². The summed E-state index contributed by atoms with van der Waals surface area (Å²) in [5.41, 5.74) is 0. The van der Waals surface area contributed by atoms with Gasteiger partial charge in [0.1, 0.15) is 0 Å². The van der Waals surface area contributed by atoms with Crippen LogP contribution in [-0.4, -0.2) is 0 Å². The minimum Gasteiger partial charge on any atom is -0.147 e. The maximum absolute atomic E-state index is 2.34. The molecule has 0 atom stereocenters. The minimum absolute atomic E-state index is 0. The van der Waals surface area contributed by atoms with Crippen LogP contribution in [0.15, 0.2) is 48.6 Å². The van der Waals surface area contributed by atoms with E-state index in [1.54, 1.807) is 0 Å². The molecule has 0 N–H and O–H groups in total. The Kier molecular flexibility index (Phi) is 4.25. The first-order chi connectivity index (χ1) is 5.45. The van der Waals surface area contributed by atoms with Crippen molar-refractivity contribution in [2.75, 3.05) is 0 Å². The molecule has 0 aromatic heterocycles. The smallest absolute Gasteiger partial charge is 0.147 e. The summed E-state index contributed by atoms with van der Waals surface area (Å²) >= 11 is -0.256. The second-order valence-electron chi connectivity index (χ2n) is 2.76. The topological polar surface area (TPSA) is 0 Å². The Bertz CT molecular complexity index is 201. The van der Waals surface area contributed by atoms with Gasteiger partial charge in [0, 0.05) is 0 Å². The van der Waals surface area contributed by atoms with Crippen LogP contribution in [0, 0.1) is 0 Å².